The van der Waals surface area contributed by atoms with Gasteiger partial charge in [0.25, 0.3) is 0 Å². The Kier molecular flexibility index (Phi) is 5.83. The molecule has 0 amide bonds. The van der Waals surface area contributed by atoms with Crippen molar-refractivity contribution in [2.75, 3.05) is 27.2 Å². The highest BCUT2D eigenvalue weighted by molar-refractivity contribution is 7.11. The summed E-state index contributed by atoms with van der Waals surface area (Å²) < 4.78 is 0. The van der Waals surface area contributed by atoms with E-state index < -0.39 is 0 Å². The monoisotopic (exact) mass is 309 g/mol. The van der Waals surface area contributed by atoms with E-state index in [1.54, 1.807) is 0 Å². The van der Waals surface area contributed by atoms with E-state index in [4.69, 9.17) is 0 Å². The lowest BCUT2D eigenvalue weighted by molar-refractivity contribution is 0.130. The lowest BCUT2D eigenvalue weighted by Crippen LogP contribution is -2.44. The zero-order valence-corrected chi connectivity index (χ0v) is 15.1. The molecule has 0 saturated carbocycles. The smallest absolute Gasteiger partial charge is 0.0328 e. The van der Waals surface area contributed by atoms with Crippen LogP contribution in [-0.2, 0) is 13.1 Å². The van der Waals surface area contributed by atoms with Gasteiger partial charge in [-0.25, -0.2) is 0 Å². The fraction of sp³-hybridized carbons (Fsp3) is 0.765. The van der Waals surface area contributed by atoms with Crippen LogP contribution in [0.1, 0.15) is 43.4 Å². The Balaban J connectivity index is 1.84. The average Bonchev–Trinajstić information content (AvgIpc) is 2.83. The molecular weight excluding hydrogens is 278 g/mol. The molecule has 0 radical (unpaired) electrons. The SMILES string of the molecule is CN1CCCC(N(C)Cc2ccc(CNC(C)(C)C)s2)C1. The molecule has 0 aromatic carbocycles. The van der Waals surface area contributed by atoms with Gasteiger partial charge < -0.3 is 10.2 Å². The summed E-state index contributed by atoms with van der Waals surface area (Å²) in [6, 6.07) is 5.29. The van der Waals surface area contributed by atoms with Gasteiger partial charge in [-0.05, 0) is 66.4 Å². The number of likely N-dealkylation sites (N-methyl/N-ethyl adjacent to an activating group) is 2. The summed E-state index contributed by atoms with van der Waals surface area (Å²) in [6.07, 6.45) is 2.67. The zero-order chi connectivity index (χ0) is 15.5. The third-order valence-corrected chi connectivity index (χ3v) is 5.21. The second kappa shape index (κ2) is 7.23. The minimum atomic E-state index is 0.188. The van der Waals surface area contributed by atoms with Gasteiger partial charge in [-0.15, -0.1) is 11.3 Å². The molecule has 120 valence electrons. The van der Waals surface area contributed by atoms with Crippen LogP contribution < -0.4 is 5.32 Å². The maximum Gasteiger partial charge on any atom is 0.0328 e. The first-order valence-electron chi connectivity index (χ1n) is 8.05. The molecule has 1 saturated heterocycles. The van der Waals surface area contributed by atoms with E-state index in [0.29, 0.717) is 6.04 Å². The van der Waals surface area contributed by atoms with Crippen LogP contribution >= 0.6 is 11.3 Å². The molecule has 1 aliphatic heterocycles. The molecule has 0 aliphatic carbocycles. The van der Waals surface area contributed by atoms with Crippen molar-refractivity contribution in [1.82, 2.24) is 15.1 Å². The van der Waals surface area contributed by atoms with E-state index in [0.717, 1.165) is 13.1 Å². The molecule has 2 rings (SSSR count). The maximum absolute atomic E-state index is 3.56. The van der Waals surface area contributed by atoms with Crippen molar-refractivity contribution in [2.24, 2.45) is 0 Å². The topological polar surface area (TPSA) is 18.5 Å². The van der Waals surface area contributed by atoms with Crippen molar-refractivity contribution >= 4 is 11.3 Å². The van der Waals surface area contributed by atoms with Crippen LogP contribution in [0.4, 0.5) is 0 Å². The van der Waals surface area contributed by atoms with Gasteiger partial charge in [0.05, 0.1) is 0 Å². The maximum atomic E-state index is 3.56. The van der Waals surface area contributed by atoms with Crippen molar-refractivity contribution in [3.8, 4) is 0 Å². The number of rotatable bonds is 5. The lowest BCUT2D eigenvalue weighted by Gasteiger charge is -2.35. The molecule has 2 heterocycles. The van der Waals surface area contributed by atoms with Gasteiger partial charge in [0, 0.05) is 41.0 Å². The molecule has 0 bridgehead atoms. The third-order valence-electron chi connectivity index (χ3n) is 4.14. The number of likely N-dealkylation sites (tertiary alicyclic amines) is 1. The Morgan fingerprint density at radius 3 is 2.71 bits per heavy atom. The van der Waals surface area contributed by atoms with Crippen LogP contribution in [0.15, 0.2) is 12.1 Å². The molecule has 1 unspecified atom stereocenters. The summed E-state index contributed by atoms with van der Waals surface area (Å²) >= 11 is 1.95. The van der Waals surface area contributed by atoms with E-state index in [9.17, 15) is 0 Å². The Bertz CT molecular complexity index is 435. The van der Waals surface area contributed by atoms with Crippen LogP contribution in [-0.4, -0.2) is 48.6 Å². The molecule has 1 aromatic heterocycles. The van der Waals surface area contributed by atoms with Crippen LogP contribution in [0, 0.1) is 0 Å². The number of hydrogen-bond acceptors (Lipinski definition) is 4. The predicted molar refractivity (Wildman–Crippen MR) is 92.9 cm³/mol. The fourth-order valence-electron chi connectivity index (χ4n) is 2.83. The summed E-state index contributed by atoms with van der Waals surface area (Å²) in [5.74, 6) is 0. The van der Waals surface area contributed by atoms with Crippen molar-refractivity contribution in [1.29, 1.82) is 0 Å². The van der Waals surface area contributed by atoms with E-state index >= 15 is 0 Å². The molecule has 3 nitrogen and oxygen atoms in total. The largest absolute Gasteiger partial charge is 0.307 e. The highest BCUT2D eigenvalue weighted by atomic mass is 32.1. The van der Waals surface area contributed by atoms with Crippen LogP contribution in [0.2, 0.25) is 0 Å². The molecule has 21 heavy (non-hydrogen) atoms. The van der Waals surface area contributed by atoms with Gasteiger partial charge >= 0.3 is 0 Å². The highest BCUT2D eigenvalue weighted by Crippen LogP contribution is 2.21. The molecule has 1 N–H and O–H groups in total. The standard InChI is InChI=1S/C17H31N3S/c1-17(2,3)18-11-15-8-9-16(21-15)13-20(5)14-7-6-10-19(4)12-14/h8-9,14,18H,6-7,10-13H2,1-5H3. The zero-order valence-electron chi connectivity index (χ0n) is 14.3. The molecule has 1 fully saturated rings. The van der Waals surface area contributed by atoms with Gasteiger partial charge in [-0.3, -0.25) is 4.90 Å². The molecule has 4 heteroatoms. The number of nitrogens with zero attached hydrogens (tertiary/aromatic N) is 2. The first-order valence-corrected chi connectivity index (χ1v) is 8.86. The minimum Gasteiger partial charge on any atom is -0.307 e. The van der Waals surface area contributed by atoms with E-state index in [1.165, 1.54) is 35.7 Å². The van der Waals surface area contributed by atoms with Crippen molar-refractivity contribution in [3.05, 3.63) is 21.9 Å². The van der Waals surface area contributed by atoms with E-state index in [1.807, 2.05) is 11.3 Å². The summed E-state index contributed by atoms with van der Waals surface area (Å²) in [4.78, 5) is 7.91. The van der Waals surface area contributed by atoms with Gasteiger partial charge in [0.15, 0.2) is 0 Å². The molecule has 1 aliphatic rings. The van der Waals surface area contributed by atoms with Gasteiger partial charge in [-0.1, -0.05) is 0 Å². The lowest BCUT2D eigenvalue weighted by atomic mass is 10.1. The number of thiophene rings is 1. The Labute approximate surface area is 134 Å². The Morgan fingerprint density at radius 1 is 1.33 bits per heavy atom. The Morgan fingerprint density at radius 2 is 2.05 bits per heavy atom. The third kappa shape index (κ3) is 5.70. The summed E-state index contributed by atoms with van der Waals surface area (Å²) in [7, 11) is 4.51. The predicted octanol–water partition coefficient (Wildman–Crippen LogP) is 3.16. The summed E-state index contributed by atoms with van der Waals surface area (Å²) in [5.41, 5.74) is 0.188. The molecule has 1 atom stereocenters. The number of nitrogens with one attached hydrogen (secondary N) is 1. The van der Waals surface area contributed by atoms with Crippen molar-refractivity contribution < 1.29 is 0 Å². The highest BCUT2D eigenvalue weighted by Gasteiger charge is 2.21. The summed E-state index contributed by atoms with van der Waals surface area (Å²) in [5, 5.41) is 3.56. The van der Waals surface area contributed by atoms with Crippen LogP contribution in [0.25, 0.3) is 0 Å². The Hall–Kier alpha value is -0.420. The van der Waals surface area contributed by atoms with Crippen molar-refractivity contribution in [3.63, 3.8) is 0 Å². The first-order chi connectivity index (χ1) is 9.83. The number of hydrogen-bond donors (Lipinski definition) is 1. The summed E-state index contributed by atoms with van der Waals surface area (Å²) in [6.45, 7) is 11.2. The molecule has 1 aromatic rings. The minimum absolute atomic E-state index is 0.188. The first kappa shape index (κ1) is 16.9. The number of piperidine rings is 1. The van der Waals surface area contributed by atoms with E-state index in [2.05, 4.69) is 62.1 Å². The normalized spacial score (nSPS) is 21.1. The van der Waals surface area contributed by atoms with Gasteiger partial charge in [0.2, 0.25) is 0 Å². The second-order valence-electron chi connectivity index (χ2n) is 7.44. The molecule has 0 spiro atoms. The van der Waals surface area contributed by atoms with E-state index in [-0.39, 0.29) is 5.54 Å². The van der Waals surface area contributed by atoms with Gasteiger partial charge in [0.1, 0.15) is 0 Å². The molecular formula is C17H31N3S. The van der Waals surface area contributed by atoms with Crippen LogP contribution in [0.3, 0.4) is 0 Å². The second-order valence-corrected chi connectivity index (χ2v) is 8.70. The van der Waals surface area contributed by atoms with Crippen molar-refractivity contribution in [2.45, 2.75) is 58.3 Å². The average molecular weight is 310 g/mol. The van der Waals surface area contributed by atoms with Gasteiger partial charge in [-0.2, -0.15) is 0 Å². The van der Waals surface area contributed by atoms with Crippen LogP contribution in [0.5, 0.6) is 0 Å². The quantitative estimate of drug-likeness (QED) is 0.901. The fourth-order valence-corrected chi connectivity index (χ4v) is 3.85.